The molecule has 5 nitrogen and oxygen atoms in total. The molecule has 1 aliphatic rings. The lowest BCUT2D eigenvalue weighted by Gasteiger charge is -2.27. The summed E-state index contributed by atoms with van der Waals surface area (Å²) >= 11 is 0. The van der Waals surface area contributed by atoms with E-state index in [9.17, 15) is 0 Å². The Hall–Kier alpha value is -1.78. The Morgan fingerprint density at radius 2 is 2.17 bits per heavy atom. The first-order valence-corrected chi connectivity index (χ1v) is 9.16. The van der Waals surface area contributed by atoms with Crippen LogP contribution in [0.15, 0.2) is 23.3 Å². The molecule has 1 aromatic rings. The third kappa shape index (κ3) is 5.69. The van der Waals surface area contributed by atoms with Crippen LogP contribution < -0.4 is 15.5 Å². The first-order chi connectivity index (χ1) is 11.6. The second-order valence-corrected chi connectivity index (χ2v) is 7.16. The van der Waals surface area contributed by atoms with E-state index in [0.29, 0.717) is 0 Å². The number of nitrogens with one attached hydrogen (secondary N) is 2. The largest absolute Gasteiger partial charge is 0.362 e. The number of anilines is 1. The van der Waals surface area contributed by atoms with Gasteiger partial charge in [-0.2, -0.15) is 0 Å². The molecule has 5 heteroatoms. The molecule has 134 valence electrons. The molecule has 24 heavy (non-hydrogen) atoms. The van der Waals surface area contributed by atoms with Gasteiger partial charge in [-0.15, -0.1) is 0 Å². The van der Waals surface area contributed by atoms with Gasteiger partial charge in [-0.05, 0) is 30.7 Å². The highest BCUT2D eigenvalue weighted by Crippen LogP contribution is 2.30. The quantitative estimate of drug-likeness (QED) is 0.621. The summed E-state index contributed by atoms with van der Waals surface area (Å²) in [4.78, 5) is 10.8. The predicted octanol–water partition coefficient (Wildman–Crippen LogP) is 3.03. The molecular weight excluding hydrogens is 298 g/mol. The van der Waals surface area contributed by atoms with Crippen molar-refractivity contribution in [2.45, 2.75) is 45.6 Å². The number of hydrogen-bond acceptors (Lipinski definition) is 3. The van der Waals surface area contributed by atoms with Gasteiger partial charge in [0.2, 0.25) is 0 Å². The van der Waals surface area contributed by atoms with Crippen LogP contribution in [0.4, 0.5) is 5.82 Å². The molecule has 0 saturated heterocycles. The summed E-state index contributed by atoms with van der Waals surface area (Å²) in [6.07, 6.45) is 8.65. The normalized spacial score (nSPS) is 21.4. The van der Waals surface area contributed by atoms with Crippen molar-refractivity contribution in [1.29, 1.82) is 0 Å². The van der Waals surface area contributed by atoms with Crippen molar-refractivity contribution < 1.29 is 0 Å². The SMILES string of the molecule is CN=C(NCCC1CCCC(C)C1)NCc1cccnc1N(C)C. The highest BCUT2D eigenvalue weighted by atomic mass is 15.2. The molecule has 1 fully saturated rings. The predicted molar refractivity (Wildman–Crippen MR) is 103 cm³/mol. The van der Waals surface area contributed by atoms with Gasteiger partial charge in [-0.1, -0.05) is 32.3 Å². The summed E-state index contributed by atoms with van der Waals surface area (Å²) in [6.45, 7) is 4.10. The molecule has 1 heterocycles. The zero-order valence-electron chi connectivity index (χ0n) is 15.7. The Morgan fingerprint density at radius 3 is 2.88 bits per heavy atom. The Labute approximate surface area is 147 Å². The lowest BCUT2D eigenvalue weighted by atomic mass is 9.81. The van der Waals surface area contributed by atoms with Crippen LogP contribution in [0.3, 0.4) is 0 Å². The van der Waals surface area contributed by atoms with E-state index in [0.717, 1.165) is 36.7 Å². The maximum Gasteiger partial charge on any atom is 0.191 e. The zero-order chi connectivity index (χ0) is 17.4. The van der Waals surface area contributed by atoms with Crippen molar-refractivity contribution in [3.8, 4) is 0 Å². The van der Waals surface area contributed by atoms with Gasteiger partial charge in [0.1, 0.15) is 5.82 Å². The van der Waals surface area contributed by atoms with Crippen molar-refractivity contribution >= 4 is 11.8 Å². The number of aromatic nitrogens is 1. The van der Waals surface area contributed by atoms with Crippen LogP contribution >= 0.6 is 0 Å². The van der Waals surface area contributed by atoms with Crippen LogP contribution in [-0.2, 0) is 6.54 Å². The molecular formula is C19H33N5. The molecule has 0 bridgehead atoms. The smallest absolute Gasteiger partial charge is 0.191 e. The van der Waals surface area contributed by atoms with E-state index in [-0.39, 0.29) is 0 Å². The molecule has 1 aliphatic carbocycles. The molecule has 0 spiro atoms. The summed E-state index contributed by atoms with van der Waals surface area (Å²) in [5.41, 5.74) is 1.17. The minimum absolute atomic E-state index is 0.724. The van der Waals surface area contributed by atoms with E-state index in [2.05, 4.69) is 33.6 Å². The van der Waals surface area contributed by atoms with Crippen LogP contribution in [0.2, 0.25) is 0 Å². The number of hydrogen-bond donors (Lipinski definition) is 2. The monoisotopic (exact) mass is 331 g/mol. The highest BCUT2D eigenvalue weighted by molar-refractivity contribution is 5.79. The number of pyridine rings is 1. The minimum Gasteiger partial charge on any atom is -0.362 e. The Morgan fingerprint density at radius 1 is 1.33 bits per heavy atom. The molecule has 0 aliphatic heterocycles. The molecule has 2 atom stereocenters. The van der Waals surface area contributed by atoms with E-state index >= 15 is 0 Å². The Bertz CT molecular complexity index is 526. The molecule has 1 aromatic heterocycles. The van der Waals surface area contributed by atoms with Crippen LogP contribution in [-0.4, -0.2) is 38.6 Å². The van der Waals surface area contributed by atoms with E-state index in [1.54, 1.807) is 0 Å². The van der Waals surface area contributed by atoms with Crippen LogP contribution in [0.25, 0.3) is 0 Å². The second kappa shape index (κ2) is 9.50. The summed E-state index contributed by atoms with van der Waals surface area (Å²) < 4.78 is 0. The maximum atomic E-state index is 4.44. The van der Waals surface area contributed by atoms with Gasteiger partial charge in [0, 0.05) is 46.0 Å². The summed E-state index contributed by atoms with van der Waals surface area (Å²) in [6, 6.07) is 4.08. The average Bonchev–Trinajstić information content (AvgIpc) is 2.58. The topological polar surface area (TPSA) is 52.6 Å². The van der Waals surface area contributed by atoms with Gasteiger partial charge in [-0.3, -0.25) is 4.99 Å². The summed E-state index contributed by atoms with van der Waals surface area (Å²) in [7, 11) is 5.86. The molecule has 0 aromatic carbocycles. The molecule has 2 unspecified atom stereocenters. The number of aliphatic imine (C=N–C) groups is 1. The lowest BCUT2D eigenvalue weighted by Crippen LogP contribution is -2.38. The lowest BCUT2D eigenvalue weighted by molar-refractivity contribution is 0.270. The Balaban J connectivity index is 1.77. The fourth-order valence-corrected chi connectivity index (χ4v) is 3.59. The third-order valence-corrected chi connectivity index (χ3v) is 4.85. The number of rotatable bonds is 6. The standard InChI is InChI=1S/C19H33N5/c1-15-7-5-8-16(13-15)10-12-22-19(20-2)23-14-17-9-6-11-21-18(17)24(3)4/h6,9,11,15-16H,5,7-8,10,12-14H2,1-4H3,(H2,20,22,23). The first kappa shape index (κ1) is 18.6. The maximum absolute atomic E-state index is 4.44. The van der Waals surface area contributed by atoms with Crippen molar-refractivity contribution in [3.63, 3.8) is 0 Å². The van der Waals surface area contributed by atoms with Gasteiger partial charge >= 0.3 is 0 Å². The average molecular weight is 332 g/mol. The van der Waals surface area contributed by atoms with E-state index in [4.69, 9.17) is 0 Å². The van der Waals surface area contributed by atoms with Gasteiger partial charge in [-0.25, -0.2) is 4.98 Å². The fraction of sp³-hybridized carbons (Fsp3) is 0.684. The van der Waals surface area contributed by atoms with E-state index in [1.807, 2.05) is 38.3 Å². The third-order valence-electron chi connectivity index (χ3n) is 4.85. The second-order valence-electron chi connectivity index (χ2n) is 7.16. The van der Waals surface area contributed by atoms with Crippen molar-refractivity contribution in [2.24, 2.45) is 16.8 Å². The van der Waals surface area contributed by atoms with Crippen molar-refractivity contribution in [3.05, 3.63) is 23.9 Å². The number of guanidine groups is 1. The van der Waals surface area contributed by atoms with Crippen molar-refractivity contribution in [1.82, 2.24) is 15.6 Å². The van der Waals surface area contributed by atoms with Gasteiger partial charge < -0.3 is 15.5 Å². The van der Waals surface area contributed by atoms with Crippen molar-refractivity contribution in [2.75, 3.05) is 32.6 Å². The van der Waals surface area contributed by atoms with Crippen LogP contribution in [0.5, 0.6) is 0 Å². The van der Waals surface area contributed by atoms with Gasteiger partial charge in [0.05, 0.1) is 0 Å². The Kier molecular flexibility index (Phi) is 7.35. The van der Waals surface area contributed by atoms with Gasteiger partial charge in [0.25, 0.3) is 0 Å². The minimum atomic E-state index is 0.724. The van der Waals surface area contributed by atoms with Gasteiger partial charge in [0.15, 0.2) is 5.96 Å². The molecule has 1 saturated carbocycles. The van der Waals surface area contributed by atoms with E-state index in [1.165, 1.54) is 37.7 Å². The fourth-order valence-electron chi connectivity index (χ4n) is 3.59. The molecule has 2 rings (SSSR count). The summed E-state index contributed by atoms with van der Waals surface area (Å²) in [5.74, 6) is 3.64. The summed E-state index contributed by atoms with van der Waals surface area (Å²) in [5, 5.41) is 6.86. The molecule has 2 N–H and O–H groups in total. The molecule has 0 amide bonds. The zero-order valence-corrected chi connectivity index (χ0v) is 15.7. The van der Waals surface area contributed by atoms with Crippen LogP contribution in [0, 0.1) is 11.8 Å². The highest BCUT2D eigenvalue weighted by Gasteiger charge is 2.18. The molecule has 0 radical (unpaired) electrons. The number of nitrogens with zero attached hydrogens (tertiary/aromatic N) is 3. The van der Waals surface area contributed by atoms with E-state index < -0.39 is 0 Å². The van der Waals surface area contributed by atoms with Crippen LogP contribution in [0.1, 0.15) is 44.6 Å². The first-order valence-electron chi connectivity index (χ1n) is 9.16.